The first-order valence-corrected chi connectivity index (χ1v) is 10.0. The maximum atomic E-state index is 12.0. The molecule has 1 aliphatic heterocycles. The van der Waals surface area contributed by atoms with Gasteiger partial charge in [-0.2, -0.15) is 0 Å². The Balaban J connectivity index is 1.94. The number of nitro benzene ring substituents is 1. The van der Waals surface area contributed by atoms with Crippen LogP contribution in [0.2, 0.25) is 0 Å². The summed E-state index contributed by atoms with van der Waals surface area (Å²) in [7, 11) is 0.579. The van der Waals surface area contributed by atoms with Crippen LogP contribution >= 0.6 is 22.6 Å². The van der Waals surface area contributed by atoms with Gasteiger partial charge in [-0.25, -0.2) is 4.79 Å². The molecular formula is C20H19BINO7. The maximum absolute atomic E-state index is 12.0. The molecule has 2 aromatic carbocycles. The van der Waals surface area contributed by atoms with E-state index in [0.29, 0.717) is 31.7 Å². The lowest BCUT2D eigenvalue weighted by Gasteiger charge is -2.17. The maximum Gasteiger partial charge on any atom is 0.563 e. The van der Waals surface area contributed by atoms with Crippen LogP contribution in [0.3, 0.4) is 0 Å². The van der Waals surface area contributed by atoms with Crippen molar-refractivity contribution in [2.24, 2.45) is 0 Å². The Labute approximate surface area is 187 Å². The lowest BCUT2D eigenvalue weighted by Crippen LogP contribution is -2.37. The lowest BCUT2D eigenvalue weighted by atomic mass is 9.75. The number of nitrogens with zero attached hydrogens (tertiary/aromatic N) is 1. The van der Waals surface area contributed by atoms with Gasteiger partial charge in [0.1, 0.15) is 18.0 Å². The van der Waals surface area contributed by atoms with Gasteiger partial charge in [0.25, 0.3) is 5.69 Å². The summed E-state index contributed by atoms with van der Waals surface area (Å²) in [5.74, 6) is 0.354. The summed E-state index contributed by atoms with van der Waals surface area (Å²) in [6, 6.07) is 9.33. The van der Waals surface area contributed by atoms with Crippen molar-refractivity contribution in [3.05, 3.63) is 73.5 Å². The predicted molar refractivity (Wildman–Crippen MR) is 119 cm³/mol. The first-order chi connectivity index (χ1) is 14.1. The summed E-state index contributed by atoms with van der Waals surface area (Å²) in [5.41, 5.74) is 0.879. The molecule has 0 unspecified atom stereocenters. The Hall–Kier alpha value is -2.60. The van der Waals surface area contributed by atoms with Crippen LogP contribution in [0.5, 0.6) is 5.75 Å². The number of non-ortho nitro benzene ring substituents is 1. The number of carbonyl (C=O) groups excluding carboxylic acids is 1. The molecule has 0 saturated carbocycles. The first kappa shape index (κ1) is 22.1. The number of methoxy groups -OCH3 is 1. The van der Waals surface area contributed by atoms with Gasteiger partial charge in [0.15, 0.2) is 0 Å². The standard InChI is InChI=1S/C20H19BINO7/c1-12-20(2,3)30-21(29-12)16-7-5-13(19(24)27-4)9-14(16)11-28-18-10-15(23(25)26)6-8-17(18)22/h5-10H,1,11H2,2-4H3. The number of rotatable bonds is 6. The fourth-order valence-corrected chi connectivity index (χ4v) is 3.32. The number of benzene rings is 2. The van der Waals surface area contributed by atoms with Crippen molar-refractivity contribution < 1.29 is 28.5 Å². The topological polar surface area (TPSA) is 97.1 Å². The van der Waals surface area contributed by atoms with Gasteiger partial charge in [0.05, 0.1) is 33.0 Å². The average Bonchev–Trinajstić information content (AvgIpc) is 2.98. The molecule has 0 bridgehead atoms. The van der Waals surface area contributed by atoms with E-state index in [-0.39, 0.29) is 12.3 Å². The molecule has 30 heavy (non-hydrogen) atoms. The first-order valence-electron chi connectivity index (χ1n) is 8.94. The van der Waals surface area contributed by atoms with Crippen molar-refractivity contribution in [3.8, 4) is 5.75 Å². The van der Waals surface area contributed by atoms with E-state index in [4.69, 9.17) is 18.8 Å². The molecule has 0 atom stereocenters. The summed E-state index contributed by atoms with van der Waals surface area (Å²) in [4.78, 5) is 22.6. The van der Waals surface area contributed by atoms with E-state index < -0.39 is 23.6 Å². The molecule has 0 spiro atoms. The normalized spacial score (nSPS) is 14.9. The zero-order chi connectivity index (χ0) is 22.1. The van der Waals surface area contributed by atoms with Crippen molar-refractivity contribution in [2.75, 3.05) is 7.11 Å². The highest BCUT2D eigenvalue weighted by Gasteiger charge is 2.43. The molecule has 0 amide bonds. The number of carbonyl (C=O) groups is 1. The second-order valence-corrected chi connectivity index (χ2v) is 8.23. The SMILES string of the molecule is C=C1OB(c2ccc(C(=O)OC)cc2COc2cc([N+](=O)[O-])ccc2I)OC1(C)C. The minimum absolute atomic E-state index is 0.0352. The summed E-state index contributed by atoms with van der Waals surface area (Å²) >= 11 is 2.04. The second-order valence-electron chi connectivity index (χ2n) is 7.07. The summed E-state index contributed by atoms with van der Waals surface area (Å²) in [6.45, 7) is 7.61. The second kappa shape index (κ2) is 8.64. The van der Waals surface area contributed by atoms with Crippen molar-refractivity contribution in [3.63, 3.8) is 0 Å². The Morgan fingerprint density at radius 3 is 2.63 bits per heavy atom. The molecule has 3 rings (SSSR count). The third-order valence-corrected chi connectivity index (χ3v) is 5.54. The third-order valence-electron chi connectivity index (χ3n) is 4.65. The van der Waals surface area contributed by atoms with Crippen LogP contribution in [-0.2, 0) is 20.7 Å². The molecule has 8 nitrogen and oxygen atoms in total. The number of hydrogen-bond donors (Lipinski definition) is 0. The quantitative estimate of drug-likeness (QED) is 0.188. The van der Waals surface area contributed by atoms with Gasteiger partial charge in [-0.05, 0) is 60.2 Å². The van der Waals surface area contributed by atoms with Crippen LogP contribution in [0.15, 0.2) is 48.7 Å². The highest BCUT2D eigenvalue weighted by atomic mass is 127. The smallest absolute Gasteiger partial charge is 0.534 e. The van der Waals surface area contributed by atoms with E-state index in [1.165, 1.54) is 19.2 Å². The molecule has 1 saturated heterocycles. The van der Waals surface area contributed by atoms with Crippen molar-refractivity contribution >= 4 is 46.8 Å². The molecule has 10 heteroatoms. The molecule has 0 N–H and O–H groups in total. The molecule has 0 radical (unpaired) electrons. The molecule has 0 aromatic heterocycles. The van der Waals surface area contributed by atoms with E-state index in [1.807, 2.05) is 36.4 Å². The van der Waals surface area contributed by atoms with Gasteiger partial charge < -0.3 is 18.8 Å². The number of esters is 1. The number of halogens is 1. The summed E-state index contributed by atoms with van der Waals surface area (Å²) < 4.78 is 23.1. The van der Waals surface area contributed by atoms with Gasteiger partial charge in [-0.15, -0.1) is 0 Å². The fraction of sp³-hybridized carbons (Fsp3) is 0.250. The van der Waals surface area contributed by atoms with Crippen LogP contribution in [-0.4, -0.2) is 30.7 Å². The molecular weight excluding hydrogens is 504 g/mol. The highest BCUT2D eigenvalue weighted by molar-refractivity contribution is 14.1. The summed E-state index contributed by atoms with van der Waals surface area (Å²) in [6.07, 6.45) is 0. The average molecular weight is 523 g/mol. The molecule has 1 heterocycles. The van der Waals surface area contributed by atoms with Gasteiger partial charge in [0.2, 0.25) is 0 Å². The van der Waals surface area contributed by atoms with Crippen LogP contribution in [0.4, 0.5) is 5.69 Å². The van der Waals surface area contributed by atoms with E-state index in [2.05, 4.69) is 6.58 Å². The molecule has 156 valence electrons. The minimum atomic E-state index is -0.720. The van der Waals surface area contributed by atoms with Crippen molar-refractivity contribution in [1.82, 2.24) is 0 Å². The number of ether oxygens (including phenoxy) is 2. The monoisotopic (exact) mass is 523 g/mol. The zero-order valence-corrected chi connectivity index (χ0v) is 18.8. The van der Waals surface area contributed by atoms with E-state index in [9.17, 15) is 14.9 Å². The van der Waals surface area contributed by atoms with E-state index >= 15 is 0 Å². The van der Waals surface area contributed by atoms with Crippen molar-refractivity contribution in [2.45, 2.75) is 26.1 Å². The van der Waals surface area contributed by atoms with Gasteiger partial charge in [0, 0.05) is 11.5 Å². The minimum Gasteiger partial charge on any atom is -0.534 e. The van der Waals surface area contributed by atoms with Crippen LogP contribution < -0.4 is 10.2 Å². The van der Waals surface area contributed by atoms with Crippen LogP contribution in [0, 0.1) is 13.7 Å². The van der Waals surface area contributed by atoms with Gasteiger partial charge in [-0.3, -0.25) is 10.1 Å². The number of hydrogen-bond acceptors (Lipinski definition) is 7. The fourth-order valence-electron chi connectivity index (χ4n) is 2.83. The predicted octanol–water partition coefficient (Wildman–Crippen LogP) is 3.60. The molecule has 1 aliphatic rings. The lowest BCUT2D eigenvalue weighted by molar-refractivity contribution is -0.385. The number of nitro groups is 1. The van der Waals surface area contributed by atoms with Gasteiger partial charge in [-0.1, -0.05) is 12.6 Å². The van der Waals surface area contributed by atoms with Gasteiger partial charge >= 0.3 is 13.1 Å². The largest absolute Gasteiger partial charge is 0.563 e. The Bertz CT molecular complexity index is 1020. The van der Waals surface area contributed by atoms with E-state index in [0.717, 1.165) is 0 Å². The van der Waals surface area contributed by atoms with Crippen molar-refractivity contribution in [1.29, 1.82) is 0 Å². The Morgan fingerprint density at radius 1 is 1.30 bits per heavy atom. The molecule has 2 aromatic rings. The molecule has 1 fully saturated rings. The zero-order valence-electron chi connectivity index (χ0n) is 16.6. The Kier molecular flexibility index (Phi) is 6.37. The third kappa shape index (κ3) is 4.59. The Morgan fingerprint density at radius 2 is 2.03 bits per heavy atom. The highest BCUT2D eigenvalue weighted by Crippen LogP contribution is 2.30. The summed E-state index contributed by atoms with van der Waals surface area (Å²) in [5, 5.41) is 11.1. The van der Waals surface area contributed by atoms with Crippen LogP contribution in [0.1, 0.15) is 29.8 Å². The molecule has 0 aliphatic carbocycles. The van der Waals surface area contributed by atoms with E-state index in [1.54, 1.807) is 24.3 Å². The van der Waals surface area contributed by atoms with Crippen LogP contribution in [0.25, 0.3) is 0 Å².